The molecule has 2 aliphatic rings. The Morgan fingerprint density at radius 1 is 1.06 bits per heavy atom. The average molecular weight is 499 g/mol. The van der Waals surface area contributed by atoms with Crippen molar-refractivity contribution >= 4 is 40.1 Å². The Hall–Kier alpha value is -3.91. The van der Waals surface area contributed by atoms with Crippen LogP contribution in [-0.2, 0) is 9.59 Å². The van der Waals surface area contributed by atoms with Gasteiger partial charge in [-0.1, -0.05) is 71.9 Å². The van der Waals surface area contributed by atoms with E-state index in [4.69, 9.17) is 9.84 Å². The maximum Gasteiger partial charge on any atom is 0.262 e. The standard InChI is InChI=1S/C28H26N4O3S/c1-18-8-10-19(11-9-18)23-16-24(20-12-14-22(35-2)15-13-20)32(31-23)28-30-27(34)25(36-28)17-26(33)29-21-6-4-3-5-7-21/h3-15,24-25H,16-17H2,1-2H3,(H,29,33)/t24-,25+/m1/s1. The van der Waals surface area contributed by atoms with Crippen LogP contribution in [0.25, 0.3) is 0 Å². The number of rotatable bonds is 6. The number of nitrogens with zero attached hydrogens (tertiary/aromatic N) is 3. The predicted octanol–water partition coefficient (Wildman–Crippen LogP) is 5.18. The number of aliphatic imine (C=N–C) groups is 1. The van der Waals surface area contributed by atoms with Gasteiger partial charge in [-0.25, -0.2) is 5.01 Å². The summed E-state index contributed by atoms with van der Waals surface area (Å²) in [5.74, 6) is 0.237. The third-order valence-electron chi connectivity index (χ3n) is 6.15. The van der Waals surface area contributed by atoms with Crippen LogP contribution in [-0.4, -0.2) is 40.1 Å². The molecule has 5 rings (SSSR count). The first kappa shape index (κ1) is 23.8. The fourth-order valence-corrected chi connectivity index (χ4v) is 5.26. The van der Waals surface area contributed by atoms with Crippen molar-refractivity contribution in [2.24, 2.45) is 10.1 Å². The number of hydrogen-bond acceptors (Lipinski definition) is 6. The number of nitrogens with one attached hydrogen (secondary N) is 1. The van der Waals surface area contributed by atoms with Crippen LogP contribution < -0.4 is 10.1 Å². The number of carbonyl (C=O) groups is 2. The number of anilines is 1. The molecule has 2 heterocycles. The monoisotopic (exact) mass is 498 g/mol. The number of amidine groups is 1. The first-order chi connectivity index (χ1) is 17.5. The molecule has 0 aromatic heterocycles. The Labute approximate surface area is 214 Å². The van der Waals surface area contributed by atoms with Crippen LogP contribution in [0, 0.1) is 6.92 Å². The zero-order chi connectivity index (χ0) is 25.1. The summed E-state index contributed by atoms with van der Waals surface area (Å²) in [6, 6.07) is 25.2. The van der Waals surface area contributed by atoms with Gasteiger partial charge in [0, 0.05) is 18.5 Å². The summed E-state index contributed by atoms with van der Waals surface area (Å²) in [5.41, 5.74) is 4.89. The van der Waals surface area contributed by atoms with E-state index < -0.39 is 5.25 Å². The molecule has 0 saturated carbocycles. The molecule has 0 bridgehead atoms. The highest BCUT2D eigenvalue weighted by molar-refractivity contribution is 8.15. The first-order valence-corrected chi connectivity index (χ1v) is 12.6. The van der Waals surface area contributed by atoms with Crippen LogP contribution in [0.4, 0.5) is 5.69 Å². The highest BCUT2D eigenvalue weighted by atomic mass is 32.2. The number of amides is 2. The molecule has 3 aromatic rings. The van der Waals surface area contributed by atoms with E-state index in [1.807, 2.05) is 59.6 Å². The van der Waals surface area contributed by atoms with Crippen molar-refractivity contribution in [3.05, 3.63) is 95.6 Å². The number of hydrogen-bond donors (Lipinski definition) is 1. The smallest absolute Gasteiger partial charge is 0.262 e. The van der Waals surface area contributed by atoms with Gasteiger partial charge in [-0.15, -0.1) is 0 Å². The van der Waals surface area contributed by atoms with Crippen LogP contribution in [0.1, 0.15) is 35.6 Å². The van der Waals surface area contributed by atoms with Crippen molar-refractivity contribution in [2.75, 3.05) is 12.4 Å². The van der Waals surface area contributed by atoms with Crippen molar-refractivity contribution in [1.82, 2.24) is 5.01 Å². The number of aryl methyl sites for hydroxylation is 1. The van der Waals surface area contributed by atoms with E-state index in [0.29, 0.717) is 17.3 Å². The molecule has 0 unspecified atom stereocenters. The summed E-state index contributed by atoms with van der Waals surface area (Å²) in [5, 5.41) is 9.50. The van der Waals surface area contributed by atoms with Crippen LogP contribution in [0.2, 0.25) is 0 Å². The largest absolute Gasteiger partial charge is 0.497 e. The van der Waals surface area contributed by atoms with Crippen molar-refractivity contribution in [2.45, 2.75) is 31.1 Å². The highest BCUT2D eigenvalue weighted by Crippen LogP contribution is 2.39. The van der Waals surface area contributed by atoms with Gasteiger partial charge in [0.15, 0.2) is 5.17 Å². The Balaban J connectivity index is 1.36. The molecule has 7 nitrogen and oxygen atoms in total. The summed E-state index contributed by atoms with van der Waals surface area (Å²) in [7, 11) is 1.64. The molecule has 0 fully saturated rings. The fourth-order valence-electron chi connectivity index (χ4n) is 4.20. The Morgan fingerprint density at radius 3 is 2.47 bits per heavy atom. The lowest BCUT2D eigenvalue weighted by atomic mass is 9.98. The highest BCUT2D eigenvalue weighted by Gasteiger charge is 2.39. The van der Waals surface area contributed by atoms with Crippen molar-refractivity contribution < 1.29 is 14.3 Å². The lowest BCUT2D eigenvalue weighted by Gasteiger charge is -2.23. The number of methoxy groups -OCH3 is 1. The third-order valence-corrected chi connectivity index (χ3v) is 7.29. The molecule has 0 aliphatic carbocycles. The molecular weight excluding hydrogens is 472 g/mol. The molecule has 3 aromatic carbocycles. The number of thioether (sulfide) groups is 1. The molecule has 182 valence electrons. The van der Waals surface area contributed by atoms with Gasteiger partial charge >= 0.3 is 0 Å². The van der Waals surface area contributed by atoms with E-state index in [9.17, 15) is 9.59 Å². The lowest BCUT2D eigenvalue weighted by Crippen LogP contribution is -2.25. The predicted molar refractivity (Wildman–Crippen MR) is 143 cm³/mol. The molecule has 1 N–H and O–H groups in total. The van der Waals surface area contributed by atoms with E-state index in [0.717, 1.165) is 22.6 Å². The molecule has 0 saturated heterocycles. The SMILES string of the molecule is COc1ccc([C@H]2CC(c3ccc(C)cc3)=NN2C2=NC(=O)[C@H](CC(=O)Nc3ccccc3)S2)cc1. The van der Waals surface area contributed by atoms with E-state index >= 15 is 0 Å². The Kier molecular flexibility index (Phi) is 6.86. The van der Waals surface area contributed by atoms with Gasteiger partial charge < -0.3 is 10.1 Å². The maximum absolute atomic E-state index is 12.8. The van der Waals surface area contributed by atoms with Gasteiger partial charge in [-0.2, -0.15) is 10.1 Å². The minimum Gasteiger partial charge on any atom is -0.497 e. The van der Waals surface area contributed by atoms with Gasteiger partial charge in [-0.05, 0) is 42.3 Å². The van der Waals surface area contributed by atoms with E-state index in [-0.39, 0.29) is 24.3 Å². The number of hydrazone groups is 1. The van der Waals surface area contributed by atoms with Gasteiger partial charge in [0.1, 0.15) is 11.0 Å². The second kappa shape index (κ2) is 10.4. The third kappa shape index (κ3) is 5.18. The zero-order valence-electron chi connectivity index (χ0n) is 20.0. The van der Waals surface area contributed by atoms with E-state index in [2.05, 4.69) is 41.5 Å². The normalized spacial score (nSPS) is 19.2. The summed E-state index contributed by atoms with van der Waals surface area (Å²) in [6.07, 6.45) is 0.712. The summed E-state index contributed by atoms with van der Waals surface area (Å²) < 4.78 is 5.32. The summed E-state index contributed by atoms with van der Waals surface area (Å²) >= 11 is 1.29. The molecule has 2 amide bonds. The number of benzene rings is 3. The minimum atomic E-state index is -0.584. The fraction of sp³-hybridized carbons (Fsp3) is 0.214. The quantitative estimate of drug-likeness (QED) is 0.506. The van der Waals surface area contributed by atoms with Gasteiger partial charge in [0.05, 0.1) is 18.9 Å². The zero-order valence-corrected chi connectivity index (χ0v) is 20.9. The van der Waals surface area contributed by atoms with Crippen LogP contribution in [0.15, 0.2) is 89.0 Å². The van der Waals surface area contributed by atoms with Gasteiger partial charge in [0.25, 0.3) is 5.91 Å². The minimum absolute atomic E-state index is 0.0426. The van der Waals surface area contributed by atoms with Crippen LogP contribution >= 0.6 is 11.8 Å². The molecule has 2 atom stereocenters. The topological polar surface area (TPSA) is 83.4 Å². The van der Waals surface area contributed by atoms with Crippen molar-refractivity contribution in [3.8, 4) is 5.75 Å². The second-order valence-electron chi connectivity index (χ2n) is 8.71. The molecule has 8 heteroatoms. The van der Waals surface area contributed by atoms with Crippen molar-refractivity contribution in [3.63, 3.8) is 0 Å². The number of para-hydroxylation sites is 1. The van der Waals surface area contributed by atoms with Crippen LogP contribution in [0.3, 0.4) is 0 Å². The number of ether oxygens (including phenoxy) is 1. The van der Waals surface area contributed by atoms with E-state index in [1.165, 1.54) is 17.3 Å². The summed E-state index contributed by atoms with van der Waals surface area (Å²) in [4.78, 5) is 29.7. The molecular formula is C28H26N4O3S. The lowest BCUT2D eigenvalue weighted by molar-refractivity contribution is -0.121. The molecule has 0 spiro atoms. The van der Waals surface area contributed by atoms with E-state index in [1.54, 1.807) is 7.11 Å². The average Bonchev–Trinajstić information content (AvgIpc) is 3.49. The Bertz CT molecular complexity index is 1320. The molecule has 2 aliphatic heterocycles. The first-order valence-electron chi connectivity index (χ1n) is 11.7. The summed E-state index contributed by atoms with van der Waals surface area (Å²) in [6.45, 7) is 2.05. The molecule has 36 heavy (non-hydrogen) atoms. The van der Waals surface area contributed by atoms with Gasteiger partial charge in [-0.3, -0.25) is 9.59 Å². The van der Waals surface area contributed by atoms with Crippen molar-refractivity contribution in [1.29, 1.82) is 0 Å². The van der Waals surface area contributed by atoms with Crippen LogP contribution in [0.5, 0.6) is 5.75 Å². The molecule has 0 radical (unpaired) electrons. The van der Waals surface area contributed by atoms with Gasteiger partial charge in [0.2, 0.25) is 5.91 Å². The Morgan fingerprint density at radius 2 is 1.78 bits per heavy atom. The number of carbonyl (C=O) groups excluding carboxylic acids is 2. The second-order valence-corrected chi connectivity index (χ2v) is 9.88. The maximum atomic E-state index is 12.8.